The van der Waals surface area contributed by atoms with Gasteiger partial charge in [-0.15, -0.1) is 0 Å². The number of anilines is 1. The van der Waals surface area contributed by atoms with Crippen LogP contribution in [0.4, 0.5) is 11.4 Å². The second kappa shape index (κ2) is 6.97. The molecule has 0 unspecified atom stereocenters. The minimum Gasteiger partial charge on any atom is -0.378 e. The third-order valence-electron chi connectivity index (χ3n) is 5.90. The van der Waals surface area contributed by atoms with Crippen LogP contribution >= 0.6 is 0 Å². The Morgan fingerprint density at radius 1 is 1.11 bits per heavy atom. The summed E-state index contributed by atoms with van der Waals surface area (Å²) in [5, 5.41) is 4.94. The fourth-order valence-electron chi connectivity index (χ4n) is 4.49. The molecule has 28 heavy (non-hydrogen) atoms. The molecule has 142 valence electrons. The van der Waals surface area contributed by atoms with Gasteiger partial charge in [-0.1, -0.05) is 18.2 Å². The molecule has 5 heteroatoms. The third kappa shape index (κ3) is 2.95. The van der Waals surface area contributed by atoms with Gasteiger partial charge in [-0.05, 0) is 54.1 Å². The summed E-state index contributed by atoms with van der Waals surface area (Å²) in [4.78, 5) is 9.61. The summed E-state index contributed by atoms with van der Waals surface area (Å²) in [5.74, 6) is 0. The SMILES string of the molecule is [C-]#[N+]c1ccc2[nH]c3c(c2c1)C[C@H](C)N[C@H]3c1ccc(N2CCOCC2)cc1. The molecule has 2 aromatic carbocycles. The van der Waals surface area contributed by atoms with E-state index in [1.165, 1.54) is 27.9 Å². The van der Waals surface area contributed by atoms with Crippen LogP contribution in [0.15, 0.2) is 42.5 Å². The summed E-state index contributed by atoms with van der Waals surface area (Å²) in [6, 6.07) is 15.4. The van der Waals surface area contributed by atoms with Gasteiger partial charge in [0.2, 0.25) is 0 Å². The van der Waals surface area contributed by atoms with E-state index in [1.54, 1.807) is 0 Å². The maximum absolute atomic E-state index is 7.32. The van der Waals surface area contributed by atoms with Gasteiger partial charge in [0.05, 0.1) is 25.8 Å². The Labute approximate surface area is 165 Å². The Hall–Kier alpha value is -2.81. The minimum absolute atomic E-state index is 0.140. The molecule has 0 radical (unpaired) electrons. The Bertz CT molecular complexity index is 1040. The molecule has 0 aliphatic carbocycles. The van der Waals surface area contributed by atoms with Crippen LogP contribution in [0.3, 0.4) is 0 Å². The quantitative estimate of drug-likeness (QED) is 0.664. The molecule has 1 saturated heterocycles. The van der Waals surface area contributed by atoms with E-state index >= 15 is 0 Å². The van der Waals surface area contributed by atoms with Crippen molar-refractivity contribution < 1.29 is 4.74 Å². The van der Waals surface area contributed by atoms with Gasteiger partial charge in [0.1, 0.15) is 0 Å². The van der Waals surface area contributed by atoms with Gasteiger partial charge in [0.25, 0.3) is 0 Å². The van der Waals surface area contributed by atoms with Crippen LogP contribution in [-0.4, -0.2) is 37.3 Å². The molecule has 2 aliphatic rings. The Morgan fingerprint density at radius 2 is 1.89 bits per heavy atom. The van der Waals surface area contributed by atoms with Gasteiger partial charge in [0.15, 0.2) is 5.69 Å². The number of morpholine rings is 1. The number of ether oxygens (including phenoxy) is 1. The second-order valence-electron chi connectivity index (χ2n) is 7.75. The second-order valence-corrected chi connectivity index (χ2v) is 7.75. The molecule has 0 amide bonds. The van der Waals surface area contributed by atoms with E-state index in [9.17, 15) is 0 Å². The fourth-order valence-corrected chi connectivity index (χ4v) is 4.49. The number of benzene rings is 2. The van der Waals surface area contributed by atoms with Gasteiger partial charge in [-0.3, -0.25) is 0 Å². The first-order valence-corrected chi connectivity index (χ1v) is 9.93. The molecule has 2 atom stereocenters. The van der Waals surface area contributed by atoms with E-state index in [4.69, 9.17) is 11.3 Å². The number of H-pyrrole nitrogens is 1. The first kappa shape index (κ1) is 17.3. The number of nitrogens with zero attached hydrogens (tertiary/aromatic N) is 2. The molecule has 0 spiro atoms. The number of hydrogen-bond acceptors (Lipinski definition) is 3. The molecule has 1 fully saturated rings. The maximum atomic E-state index is 7.32. The molecule has 2 aliphatic heterocycles. The lowest BCUT2D eigenvalue weighted by Gasteiger charge is -2.31. The van der Waals surface area contributed by atoms with Gasteiger partial charge >= 0.3 is 0 Å². The summed E-state index contributed by atoms with van der Waals surface area (Å²) in [7, 11) is 0. The Kier molecular flexibility index (Phi) is 4.31. The zero-order valence-corrected chi connectivity index (χ0v) is 16.0. The zero-order chi connectivity index (χ0) is 19.1. The summed E-state index contributed by atoms with van der Waals surface area (Å²) in [5.41, 5.74) is 6.91. The summed E-state index contributed by atoms with van der Waals surface area (Å²) in [6.07, 6.45) is 0.971. The van der Waals surface area contributed by atoms with E-state index in [0.29, 0.717) is 11.7 Å². The van der Waals surface area contributed by atoms with Crippen LogP contribution in [0.1, 0.15) is 29.8 Å². The van der Waals surface area contributed by atoms with Crippen LogP contribution in [-0.2, 0) is 11.2 Å². The molecule has 3 heterocycles. The van der Waals surface area contributed by atoms with Crippen molar-refractivity contribution in [2.24, 2.45) is 0 Å². The summed E-state index contributed by atoms with van der Waals surface area (Å²) >= 11 is 0. The molecule has 0 saturated carbocycles. The number of aromatic amines is 1. The fraction of sp³-hybridized carbons (Fsp3) is 0.348. The van der Waals surface area contributed by atoms with E-state index < -0.39 is 0 Å². The number of aromatic nitrogens is 1. The van der Waals surface area contributed by atoms with E-state index in [2.05, 4.69) is 51.2 Å². The minimum atomic E-state index is 0.140. The lowest BCUT2D eigenvalue weighted by molar-refractivity contribution is 0.122. The van der Waals surface area contributed by atoms with Crippen molar-refractivity contribution in [3.8, 4) is 0 Å². The summed E-state index contributed by atoms with van der Waals surface area (Å²) < 4.78 is 5.46. The van der Waals surface area contributed by atoms with Gasteiger partial charge < -0.3 is 19.9 Å². The largest absolute Gasteiger partial charge is 0.378 e. The molecule has 5 rings (SSSR count). The van der Waals surface area contributed by atoms with Gasteiger partial charge in [-0.2, -0.15) is 0 Å². The molecule has 5 nitrogen and oxygen atoms in total. The van der Waals surface area contributed by atoms with Crippen molar-refractivity contribution in [3.05, 3.63) is 70.7 Å². The molecular weight excluding hydrogens is 348 g/mol. The maximum Gasteiger partial charge on any atom is 0.187 e. The lowest BCUT2D eigenvalue weighted by Crippen LogP contribution is -2.38. The number of hydrogen-bond donors (Lipinski definition) is 2. The average molecular weight is 372 g/mol. The highest BCUT2D eigenvalue weighted by molar-refractivity contribution is 5.88. The van der Waals surface area contributed by atoms with Gasteiger partial charge in [-0.25, -0.2) is 4.85 Å². The standard InChI is InChI=1S/C23H24N4O/c1-15-13-20-19-14-17(24-2)5-8-21(19)26-23(20)22(25-15)16-3-6-18(7-4-16)27-9-11-28-12-10-27/h3-8,14-15,22,25-26H,9-13H2,1H3/t15-,22-/m0/s1. The highest BCUT2D eigenvalue weighted by Crippen LogP contribution is 2.37. The molecule has 2 N–H and O–H groups in total. The zero-order valence-electron chi connectivity index (χ0n) is 16.0. The normalized spacial score (nSPS) is 22.1. The van der Waals surface area contributed by atoms with Crippen LogP contribution in [0.5, 0.6) is 0 Å². The first-order chi connectivity index (χ1) is 13.7. The van der Waals surface area contributed by atoms with Crippen molar-refractivity contribution in [2.45, 2.75) is 25.4 Å². The van der Waals surface area contributed by atoms with Crippen LogP contribution < -0.4 is 10.2 Å². The third-order valence-corrected chi connectivity index (χ3v) is 5.90. The van der Waals surface area contributed by atoms with E-state index in [0.717, 1.165) is 38.2 Å². The van der Waals surface area contributed by atoms with Crippen molar-refractivity contribution >= 4 is 22.3 Å². The van der Waals surface area contributed by atoms with Crippen LogP contribution in [0.2, 0.25) is 0 Å². The highest BCUT2D eigenvalue weighted by Gasteiger charge is 2.28. The number of fused-ring (bicyclic) bond motifs is 3. The van der Waals surface area contributed by atoms with Gasteiger partial charge in [0, 0.05) is 36.0 Å². The number of rotatable bonds is 2. The topological polar surface area (TPSA) is 44.7 Å². The predicted molar refractivity (Wildman–Crippen MR) is 112 cm³/mol. The smallest absolute Gasteiger partial charge is 0.187 e. The van der Waals surface area contributed by atoms with Crippen molar-refractivity contribution in [1.29, 1.82) is 0 Å². The molecule has 1 aromatic heterocycles. The van der Waals surface area contributed by atoms with Crippen LogP contribution in [0.25, 0.3) is 15.7 Å². The lowest BCUT2D eigenvalue weighted by atomic mass is 9.91. The Morgan fingerprint density at radius 3 is 2.64 bits per heavy atom. The first-order valence-electron chi connectivity index (χ1n) is 9.93. The highest BCUT2D eigenvalue weighted by atomic mass is 16.5. The predicted octanol–water partition coefficient (Wildman–Crippen LogP) is 4.18. The summed E-state index contributed by atoms with van der Waals surface area (Å²) in [6.45, 7) is 13.1. The average Bonchev–Trinajstić information content (AvgIpc) is 3.11. The van der Waals surface area contributed by atoms with Crippen LogP contribution in [0, 0.1) is 6.57 Å². The molecule has 3 aromatic rings. The molecule has 0 bridgehead atoms. The Balaban J connectivity index is 1.52. The van der Waals surface area contributed by atoms with Crippen molar-refractivity contribution in [3.63, 3.8) is 0 Å². The van der Waals surface area contributed by atoms with Crippen molar-refractivity contribution in [2.75, 3.05) is 31.2 Å². The molecular formula is C23H24N4O. The van der Waals surface area contributed by atoms with E-state index in [1.807, 2.05) is 18.2 Å². The number of nitrogens with one attached hydrogen (secondary N) is 2. The van der Waals surface area contributed by atoms with E-state index in [-0.39, 0.29) is 6.04 Å². The van der Waals surface area contributed by atoms with Crippen molar-refractivity contribution in [1.82, 2.24) is 10.3 Å². The monoisotopic (exact) mass is 372 g/mol.